The minimum Gasteiger partial charge on any atom is -0.507 e. The molecule has 4 rings (SSSR count). The zero-order chi connectivity index (χ0) is 22.5. The normalized spacial score (nSPS) is 10.4. The Kier molecular flexibility index (Phi) is 5.90. The molecule has 156 valence electrons. The van der Waals surface area contributed by atoms with Gasteiger partial charge in [0.2, 0.25) is 11.6 Å². The number of ether oxygens (including phenoxy) is 1. The van der Waals surface area contributed by atoms with Gasteiger partial charge in [0, 0.05) is 17.2 Å². The van der Waals surface area contributed by atoms with Crippen molar-refractivity contribution in [3.63, 3.8) is 0 Å². The lowest BCUT2D eigenvalue weighted by atomic mass is 10.0. The smallest absolute Gasteiger partial charge is 0.237 e. The number of para-hydroxylation sites is 1. The van der Waals surface area contributed by atoms with Crippen LogP contribution in [-0.4, -0.2) is 22.5 Å². The van der Waals surface area contributed by atoms with Gasteiger partial charge in [0.05, 0.1) is 11.1 Å². The number of hydrogen-bond donors (Lipinski definition) is 1. The molecule has 0 saturated carbocycles. The van der Waals surface area contributed by atoms with Crippen LogP contribution in [0.15, 0.2) is 103 Å². The Morgan fingerprint density at radius 2 is 1.19 bits per heavy atom. The highest BCUT2D eigenvalue weighted by Crippen LogP contribution is 2.31. The molecule has 0 aliphatic heterocycles. The first-order valence-electron chi connectivity index (χ1n) is 9.88. The summed E-state index contributed by atoms with van der Waals surface area (Å²) in [6.07, 6.45) is 0. The molecule has 0 aliphatic carbocycles. The number of hydrogen-bond acceptors (Lipinski definition) is 5. The van der Waals surface area contributed by atoms with E-state index < -0.39 is 11.6 Å². The molecule has 5 heteroatoms. The molecule has 0 heterocycles. The van der Waals surface area contributed by atoms with Crippen molar-refractivity contribution in [2.24, 2.45) is 0 Å². The minimum atomic E-state index is -0.702. The maximum absolute atomic E-state index is 12.8. The van der Waals surface area contributed by atoms with Crippen molar-refractivity contribution < 1.29 is 24.2 Å². The number of carbonyl (C=O) groups excluding carboxylic acids is 3. The highest BCUT2D eigenvalue weighted by molar-refractivity contribution is 6.49. The molecular formula is C27H18O5. The zero-order valence-corrected chi connectivity index (χ0v) is 16.9. The second-order valence-electron chi connectivity index (χ2n) is 7.00. The molecule has 0 aliphatic rings. The largest absolute Gasteiger partial charge is 0.507 e. The number of phenols is 1. The molecular weight excluding hydrogens is 404 g/mol. The fourth-order valence-corrected chi connectivity index (χ4v) is 3.23. The van der Waals surface area contributed by atoms with Crippen molar-refractivity contribution in [3.8, 4) is 17.2 Å². The molecule has 4 aromatic carbocycles. The van der Waals surface area contributed by atoms with Gasteiger partial charge in [-0.25, -0.2) is 0 Å². The lowest BCUT2D eigenvalue weighted by molar-refractivity contribution is 0.0815. The van der Waals surface area contributed by atoms with Crippen LogP contribution in [0.3, 0.4) is 0 Å². The summed E-state index contributed by atoms with van der Waals surface area (Å²) < 4.78 is 5.79. The van der Waals surface area contributed by atoms with Gasteiger partial charge in [0.1, 0.15) is 17.2 Å². The van der Waals surface area contributed by atoms with Gasteiger partial charge in [-0.1, -0.05) is 72.8 Å². The Bertz CT molecular complexity index is 1290. The molecule has 0 atom stereocenters. The van der Waals surface area contributed by atoms with Gasteiger partial charge in [0.25, 0.3) is 0 Å². The number of phenolic OH excluding ortho intramolecular Hbond substituents is 1. The third-order valence-electron chi connectivity index (χ3n) is 4.85. The number of rotatable bonds is 7. The summed E-state index contributed by atoms with van der Waals surface area (Å²) in [6, 6.07) is 27.6. The first-order valence-corrected chi connectivity index (χ1v) is 9.88. The third kappa shape index (κ3) is 4.32. The molecule has 0 spiro atoms. The predicted octanol–water partition coefficient (Wildman–Crippen LogP) is 5.48. The van der Waals surface area contributed by atoms with Gasteiger partial charge >= 0.3 is 0 Å². The van der Waals surface area contributed by atoms with Crippen molar-refractivity contribution in [1.82, 2.24) is 0 Å². The monoisotopic (exact) mass is 422 g/mol. The molecule has 4 aromatic rings. The summed E-state index contributed by atoms with van der Waals surface area (Å²) in [5, 5.41) is 10.4. The average Bonchev–Trinajstić information content (AvgIpc) is 2.84. The second kappa shape index (κ2) is 9.10. The average molecular weight is 422 g/mol. The van der Waals surface area contributed by atoms with Crippen LogP contribution in [0.2, 0.25) is 0 Å². The fraction of sp³-hybridized carbons (Fsp3) is 0. The van der Waals surface area contributed by atoms with Crippen LogP contribution in [0.5, 0.6) is 17.2 Å². The zero-order valence-electron chi connectivity index (χ0n) is 16.9. The van der Waals surface area contributed by atoms with E-state index >= 15 is 0 Å². The molecule has 0 fully saturated rings. The first kappa shape index (κ1) is 20.8. The summed E-state index contributed by atoms with van der Waals surface area (Å²) in [5.74, 6) is -1.53. The van der Waals surface area contributed by atoms with Crippen LogP contribution >= 0.6 is 0 Å². The van der Waals surface area contributed by atoms with Crippen LogP contribution in [0, 0.1) is 0 Å². The van der Waals surface area contributed by atoms with Gasteiger partial charge in [0.15, 0.2) is 5.78 Å². The molecule has 5 nitrogen and oxygen atoms in total. The Balaban J connectivity index is 1.59. The predicted molar refractivity (Wildman–Crippen MR) is 120 cm³/mol. The molecule has 0 saturated heterocycles. The van der Waals surface area contributed by atoms with E-state index in [2.05, 4.69) is 0 Å². The molecule has 0 amide bonds. The summed E-state index contributed by atoms with van der Waals surface area (Å²) in [5.41, 5.74) is 0.970. The molecule has 0 aromatic heterocycles. The highest BCUT2D eigenvalue weighted by Gasteiger charge is 2.22. The van der Waals surface area contributed by atoms with Crippen LogP contribution in [-0.2, 0) is 0 Å². The number of Topliss-reactive ketones (excluding diaryl/α,β-unsaturated/α-hetero) is 2. The van der Waals surface area contributed by atoms with Crippen LogP contribution in [0.1, 0.15) is 36.6 Å². The number of ketones is 3. The quantitative estimate of drug-likeness (QED) is 0.315. The Morgan fingerprint density at radius 3 is 1.84 bits per heavy atom. The van der Waals surface area contributed by atoms with Crippen LogP contribution in [0.4, 0.5) is 0 Å². The summed E-state index contributed by atoms with van der Waals surface area (Å²) in [4.78, 5) is 38.0. The Labute approximate surface area is 184 Å². The summed E-state index contributed by atoms with van der Waals surface area (Å²) >= 11 is 0. The van der Waals surface area contributed by atoms with E-state index in [9.17, 15) is 19.5 Å². The molecule has 0 radical (unpaired) electrons. The van der Waals surface area contributed by atoms with Gasteiger partial charge in [-0.15, -0.1) is 0 Å². The van der Waals surface area contributed by atoms with Crippen molar-refractivity contribution in [1.29, 1.82) is 0 Å². The van der Waals surface area contributed by atoms with Crippen molar-refractivity contribution in [2.45, 2.75) is 0 Å². The van der Waals surface area contributed by atoms with Crippen LogP contribution < -0.4 is 4.74 Å². The molecule has 0 bridgehead atoms. The van der Waals surface area contributed by atoms with Gasteiger partial charge < -0.3 is 9.84 Å². The first-order chi connectivity index (χ1) is 15.5. The molecule has 32 heavy (non-hydrogen) atoms. The van der Waals surface area contributed by atoms with E-state index in [-0.39, 0.29) is 39.7 Å². The van der Waals surface area contributed by atoms with Crippen molar-refractivity contribution in [3.05, 3.63) is 125 Å². The summed E-state index contributed by atoms with van der Waals surface area (Å²) in [6.45, 7) is 0. The Hall–Kier alpha value is -4.51. The topological polar surface area (TPSA) is 80.7 Å². The lowest BCUT2D eigenvalue weighted by Crippen LogP contribution is -2.15. The maximum atomic E-state index is 12.8. The molecule has 0 unspecified atom stereocenters. The van der Waals surface area contributed by atoms with E-state index in [1.807, 2.05) is 0 Å². The van der Waals surface area contributed by atoms with E-state index in [4.69, 9.17) is 4.74 Å². The van der Waals surface area contributed by atoms with Gasteiger partial charge in [-0.2, -0.15) is 0 Å². The fourth-order valence-electron chi connectivity index (χ4n) is 3.23. The van der Waals surface area contributed by atoms with Gasteiger partial charge in [-0.3, -0.25) is 14.4 Å². The van der Waals surface area contributed by atoms with E-state index in [1.165, 1.54) is 24.3 Å². The maximum Gasteiger partial charge on any atom is 0.237 e. The minimum absolute atomic E-state index is 0.102. The van der Waals surface area contributed by atoms with Gasteiger partial charge in [-0.05, 0) is 24.3 Å². The van der Waals surface area contributed by atoms with Crippen LogP contribution in [0.25, 0.3) is 0 Å². The standard InChI is InChI=1S/C27H18O5/c28-23-17-20(15-16-21(23)25(29)18-9-3-1-4-10-18)32-24-14-8-7-13-22(24)27(31)26(30)19-11-5-2-6-12-19/h1-17,28H. The third-order valence-corrected chi connectivity index (χ3v) is 4.85. The van der Waals surface area contributed by atoms with Crippen molar-refractivity contribution in [2.75, 3.05) is 0 Å². The number of benzene rings is 4. The number of aromatic hydroxyl groups is 1. The molecule has 1 N–H and O–H groups in total. The van der Waals surface area contributed by atoms with E-state index in [0.717, 1.165) is 0 Å². The SMILES string of the molecule is O=C(C(=O)c1ccccc1Oc1ccc(C(=O)c2ccccc2)c(O)c1)c1ccccc1. The lowest BCUT2D eigenvalue weighted by Gasteiger charge is -2.12. The Morgan fingerprint density at radius 1 is 0.594 bits per heavy atom. The summed E-state index contributed by atoms with van der Waals surface area (Å²) in [7, 11) is 0. The highest BCUT2D eigenvalue weighted by atomic mass is 16.5. The number of carbonyl (C=O) groups is 3. The van der Waals surface area contributed by atoms with Crippen molar-refractivity contribution >= 4 is 17.3 Å². The second-order valence-corrected chi connectivity index (χ2v) is 7.00. The van der Waals surface area contributed by atoms with E-state index in [0.29, 0.717) is 5.56 Å². The van der Waals surface area contributed by atoms with E-state index in [1.54, 1.807) is 78.9 Å².